The van der Waals surface area contributed by atoms with Gasteiger partial charge >= 0.3 is 5.97 Å². The zero-order valence-electron chi connectivity index (χ0n) is 7.25. The van der Waals surface area contributed by atoms with Crippen molar-refractivity contribution in [3.8, 4) is 0 Å². The fourth-order valence-electron chi connectivity index (χ4n) is 1.84. The van der Waals surface area contributed by atoms with Crippen molar-refractivity contribution in [2.24, 2.45) is 17.1 Å². The van der Waals surface area contributed by atoms with Gasteiger partial charge in [0.2, 0.25) is 0 Å². The number of rotatable bonds is 4. The summed E-state index contributed by atoms with van der Waals surface area (Å²) in [5.74, 6) is -0.384. The highest BCUT2D eigenvalue weighted by Gasteiger charge is 2.49. The Bertz CT molecular complexity index is 175. The third-order valence-electron chi connectivity index (χ3n) is 2.57. The van der Waals surface area contributed by atoms with E-state index in [1.54, 1.807) is 0 Å². The van der Waals surface area contributed by atoms with Crippen LogP contribution in [0, 0.1) is 11.3 Å². The first-order chi connectivity index (χ1) is 5.64. The summed E-state index contributed by atoms with van der Waals surface area (Å²) in [5, 5.41) is 8.91. The SMILES string of the molecule is COCC1(C(=O)O)CC(CN)C1. The Morgan fingerprint density at radius 3 is 2.67 bits per heavy atom. The highest BCUT2D eigenvalue weighted by Crippen LogP contribution is 2.45. The normalized spacial score (nSPS) is 34.3. The van der Waals surface area contributed by atoms with Gasteiger partial charge in [0.25, 0.3) is 0 Å². The molecule has 1 rings (SSSR count). The molecule has 0 bridgehead atoms. The third-order valence-corrected chi connectivity index (χ3v) is 2.57. The van der Waals surface area contributed by atoms with Crippen LogP contribution in [-0.4, -0.2) is 31.3 Å². The minimum atomic E-state index is -0.756. The first-order valence-corrected chi connectivity index (χ1v) is 4.07. The monoisotopic (exact) mass is 173 g/mol. The maximum atomic E-state index is 10.8. The van der Waals surface area contributed by atoms with Gasteiger partial charge in [-0.3, -0.25) is 4.79 Å². The third kappa shape index (κ3) is 1.44. The van der Waals surface area contributed by atoms with Crippen LogP contribution in [-0.2, 0) is 9.53 Å². The molecule has 0 atom stereocenters. The molecule has 3 N–H and O–H groups in total. The van der Waals surface area contributed by atoms with E-state index in [2.05, 4.69) is 0 Å². The largest absolute Gasteiger partial charge is 0.481 e. The summed E-state index contributed by atoms with van der Waals surface area (Å²) in [6.45, 7) is 0.886. The molecule has 1 aliphatic carbocycles. The van der Waals surface area contributed by atoms with Crippen LogP contribution in [0.5, 0.6) is 0 Å². The van der Waals surface area contributed by atoms with Gasteiger partial charge in [-0.1, -0.05) is 0 Å². The van der Waals surface area contributed by atoms with Gasteiger partial charge in [-0.05, 0) is 25.3 Å². The molecule has 0 aliphatic heterocycles. The Balaban J connectivity index is 2.49. The van der Waals surface area contributed by atoms with Crippen LogP contribution < -0.4 is 5.73 Å². The number of carboxylic acids is 1. The van der Waals surface area contributed by atoms with Crippen molar-refractivity contribution in [2.45, 2.75) is 12.8 Å². The van der Waals surface area contributed by atoms with E-state index in [0.717, 1.165) is 0 Å². The van der Waals surface area contributed by atoms with Crippen LogP contribution in [0.3, 0.4) is 0 Å². The average molecular weight is 173 g/mol. The molecule has 0 radical (unpaired) electrons. The number of hydrogen-bond acceptors (Lipinski definition) is 3. The van der Waals surface area contributed by atoms with E-state index in [0.29, 0.717) is 31.9 Å². The van der Waals surface area contributed by atoms with Crippen molar-refractivity contribution in [3.63, 3.8) is 0 Å². The maximum absolute atomic E-state index is 10.8. The minimum Gasteiger partial charge on any atom is -0.481 e. The number of aliphatic carboxylic acids is 1. The predicted molar refractivity (Wildman–Crippen MR) is 43.7 cm³/mol. The molecule has 0 aromatic heterocycles. The minimum absolute atomic E-state index is 0.304. The molecule has 0 spiro atoms. The fourth-order valence-corrected chi connectivity index (χ4v) is 1.84. The van der Waals surface area contributed by atoms with Gasteiger partial charge in [0.15, 0.2) is 0 Å². The number of carboxylic acid groups (broad SMARTS) is 1. The molecule has 0 amide bonds. The Morgan fingerprint density at radius 2 is 2.33 bits per heavy atom. The Morgan fingerprint density at radius 1 is 1.75 bits per heavy atom. The average Bonchev–Trinajstić information content (AvgIpc) is 1.95. The maximum Gasteiger partial charge on any atom is 0.312 e. The Hall–Kier alpha value is -0.610. The van der Waals surface area contributed by atoms with Crippen LogP contribution in [0.4, 0.5) is 0 Å². The van der Waals surface area contributed by atoms with E-state index in [-0.39, 0.29) is 0 Å². The zero-order chi connectivity index (χ0) is 9.19. The summed E-state index contributed by atoms with van der Waals surface area (Å²) in [5.41, 5.74) is 4.78. The molecule has 0 heterocycles. The van der Waals surface area contributed by atoms with Crippen LogP contribution in [0.25, 0.3) is 0 Å². The molecule has 0 saturated heterocycles. The van der Waals surface area contributed by atoms with E-state index >= 15 is 0 Å². The lowest BCUT2D eigenvalue weighted by Crippen LogP contribution is -2.49. The van der Waals surface area contributed by atoms with Crippen molar-refractivity contribution in [1.29, 1.82) is 0 Å². The molecule has 0 aromatic carbocycles. The van der Waals surface area contributed by atoms with E-state index < -0.39 is 11.4 Å². The molecule has 0 aromatic rings. The van der Waals surface area contributed by atoms with Gasteiger partial charge in [-0.25, -0.2) is 0 Å². The quantitative estimate of drug-likeness (QED) is 0.631. The topological polar surface area (TPSA) is 72.5 Å². The highest BCUT2D eigenvalue weighted by atomic mass is 16.5. The van der Waals surface area contributed by atoms with Crippen molar-refractivity contribution in [3.05, 3.63) is 0 Å². The molecule has 4 nitrogen and oxygen atoms in total. The van der Waals surface area contributed by atoms with E-state index in [1.165, 1.54) is 7.11 Å². The number of carbonyl (C=O) groups is 1. The molecule has 1 fully saturated rings. The number of methoxy groups -OCH3 is 1. The van der Waals surface area contributed by atoms with E-state index in [9.17, 15) is 4.79 Å². The lowest BCUT2D eigenvalue weighted by atomic mass is 9.62. The van der Waals surface area contributed by atoms with E-state index in [4.69, 9.17) is 15.6 Å². The number of ether oxygens (including phenoxy) is 1. The summed E-state index contributed by atoms with van der Waals surface area (Å²) in [6, 6.07) is 0. The predicted octanol–water partition coefficient (Wildman–Crippen LogP) is 0.0725. The standard InChI is InChI=1S/C8H15NO3/c1-12-5-8(7(10)11)2-6(3-8)4-9/h6H,2-5,9H2,1H3,(H,10,11). The molecule has 1 aliphatic rings. The smallest absolute Gasteiger partial charge is 0.312 e. The van der Waals surface area contributed by atoms with Gasteiger partial charge in [-0.15, -0.1) is 0 Å². The van der Waals surface area contributed by atoms with Crippen molar-refractivity contribution in [1.82, 2.24) is 0 Å². The molecule has 4 heteroatoms. The first-order valence-electron chi connectivity index (χ1n) is 4.07. The molecular formula is C8H15NO3. The summed E-state index contributed by atoms with van der Waals surface area (Å²) >= 11 is 0. The van der Waals surface area contributed by atoms with Gasteiger partial charge in [0.05, 0.1) is 12.0 Å². The number of hydrogen-bond donors (Lipinski definition) is 2. The molecule has 0 unspecified atom stereocenters. The first kappa shape index (κ1) is 9.48. The van der Waals surface area contributed by atoms with Crippen LogP contribution in [0.2, 0.25) is 0 Å². The second-order valence-electron chi connectivity index (χ2n) is 3.53. The molecular weight excluding hydrogens is 158 g/mol. The molecule has 1 saturated carbocycles. The van der Waals surface area contributed by atoms with Crippen LogP contribution in [0.15, 0.2) is 0 Å². The Kier molecular flexibility index (Phi) is 2.69. The fraction of sp³-hybridized carbons (Fsp3) is 0.875. The van der Waals surface area contributed by atoms with Gasteiger partial charge in [-0.2, -0.15) is 0 Å². The lowest BCUT2D eigenvalue weighted by Gasteiger charge is -2.43. The summed E-state index contributed by atoms with van der Waals surface area (Å²) in [4.78, 5) is 10.8. The van der Waals surface area contributed by atoms with Crippen LogP contribution in [0.1, 0.15) is 12.8 Å². The Labute approximate surface area is 71.7 Å². The summed E-state index contributed by atoms with van der Waals surface area (Å²) < 4.78 is 4.88. The second kappa shape index (κ2) is 3.41. The lowest BCUT2D eigenvalue weighted by molar-refractivity contribution is -0.163. The zero-order valence-corrected chi connectivity index (χ0v) is 7.25. The second-order valence-corrected chi connectivity index (χ2v) is 3.53. The van der Waals surface area contributed by atoms with Gasteiger partial charge in [0, 0.05) is 7.11 Å². The molecule has 70 valence electrons. The van der Waals surface area contributed by atoms with Crippen molar-refractivity contribution in [2.75, 3.05) is 20.3 Å². The summed E-state index contributed by atoms with van der Waals surface area (Å²) in [6.07, 6.45) is 1.32. The molecule has 12 heavy (non-hydrogen) atoms. The van der Waals surface area contributed by atoms with Crippen LogP contribution >= 0.6 is 0 Å². The van der Waals surface area contributed by atoms with Gasteiger partial charge in [0.1, 0.15) is 0 Å². The number of nitrogens with two attached hydrogens (primary N) is 1. The highest BCUT2D eigenvalue weighted by molar-refractivity contribution is 5.76. The summed E-state index contributed by atoms with van der Waals surface area (Å²) in [7, 11) is 1.53. The van der Waals surface area contributed by atoms with Gasteiger partial charge < -0.3 is 15.6 Å². The van der Waals surface area contributed by atoms with Crippen molar-refractivity contribution >= 4 is 5.97 Å². The van der Waals surface area contributed by atoms with Crippen molar-refractivity contribution < 1.29 is 14.6 Å². The van der Waals surface area contributed by atoms with E-state index in [1.807, 2.05) is 0 Å².